The summed E-state index contributed by atoms with van der Waals surface area (Å²) in [6.07, 6.45) is 5.22. The van der Waals surface area contributed by atoms with Gasteiger partial charge < -0.3 is 21.9 Å². The van der Waals surface area contributed by atoms with Crippen LogP contribution in [0.3, 0.4) is 0 Å². The van der Waals surface area contributed by atoms with Gasteiger partial charge in [-0.05, 0) is 29.3 Å². The minimum atomic E-state index is -0.207. The van der Waals surface area contributed by atoms with Gasteiger partial charge in [-0.25, -0.2) is 5.43 Å². The van der Waals surface area contributed by atoms with E-state index in [0.717, 1.165) is 11.1 Å². The number of ether oxygens (including phenoxy) is 2. The molecule has 2 aromatic carbocycles. The van der Waals surface area contributed by atoms with Crippen LogP contribution in [-0.2, 0) is 17.9 Å². The summed E-state index contributed by atoms with van der Waals surface area (Å²) in [5.74, 6) is 1.04. The molecule has 1 N–H and O–H groups in total. The van der Waals surface area contributed by atoms with Gasteiger partial charge in [0.2, 0.25) is 6.54 Å². The van der Waals surface area contributed by atoms with E-state index < -0.39 is 0 Å². The minimum absolute atomic E-state index is 0. The predicted molar refractivity (Wildman–Crippen MR) is 106 cm³/mol. The lowest BCUT2D eigenvalue weighted by atomic mass is 10.2. The number of hydrogen-bond donors (Lipinski definition) is 1. The summed E-state index contributed by atoms with van der Waals surface area (Å²) < 4.78 is 13.0. The molecule has 1 amide bonds. The lowest BCUT2D eigenvalue weighted by Crippen LogP contribution is -3.00. The number of hydrogen-bond acceptors (Lipinski definition) is 4. The number of carbonyl (C=O) groups excluding carboxylic acids is 1. The summed E-state index contributed by atoms with van der Waals surface area (Å²) in [6.45, 7) is 0.634. The second kappa shape index (κ2) is 11.5. The van der Waals surface area contributed by atoms with Crippen molar-refractivity contribution in [2.45, 2.75) is 13.2 Å². The van der Waals surface area contributed by atoms with Crippen LogP contribution in [0.4, 0.5) is 0 Å². The van der Waals surface area contributed by atoms with Crippen molar-refractivity contribution < 1.29 is 31.2 Å². The van der Waals surface area contributed by atoms with Crippen molar-refractivity contribution in [3.8, 4) is 11.5 Å². The molecule has 150 valence electrons. The van der Waals surface area contributed by atoms with Crippen LogP contribution in [-0.4, -0.2) is 19.2 Å². The summed E-state index contributed by atoms with van der Waals surface area (Å²) in [6, 6.07) is 21.0. The maximum Gasteiger partial charge on any atom is 0.305 e. The molecule has 0 saturated heterocycles. The Labute approximate surface area is 176 Å². The number of amides is 1. The topological polar surface area (TPSA) is 63.8 Å². The van der Waals surface area contributed by atoms with Gasteiger partial charge in [0.1, 0.15) is 6.61 Å². The predicted octanol–water partition coefficient (Wildman–Crippen LogP) is -0.284. The maximum atomic E-state index is 11.9. The number of pyridine rings is 1. The SMILES string of the molecule is COc1ccc(C=NNC(=O)C[n+]2ccccc2)cc1OCc1ccccc1.[Cl-]. The fourth-order valence-corrected chi connectivity index (χ4v) is 2.54. The first kappa shape index (κ1) is 21.9. The van der Waals surface area contributed by atoms with Crippen LogP contribution in [0.15, 0.2) is 84.2 Å². The summed E-state index contributed by atoms with van der Waals surface area (Å²) >= 11 is 0. The van der Waals surface area contributed by atoms with Gasteiger partial charge in [-0.15, -0.1) is 0 Å². The molecular formula is C22H22ClN3O3. The lowest BCUT2D eigenvalue weighted by molar-refractivity contribution is -0.684. The Morgan fingerprint density at radius 2 is 1.76 bits per heavy atom. The van der Waals surface area contributed by atoms with E-state index in [-0.39, 0.29) is 24.9 Å². The highest BCUT2D eigenvalue weighted by Gasteiger charge is 2.08. The summed E-state index contributed by atoms with van der Waals surface area (Å²) in [4.78, 5) is 11.9. The highest BCUT2D eigenvalue weighted by atomic mass is 35.5. The molecule has 0 atom stereocenters. The van der Waals surface area contributed by atoms with Crippen molar-refractivity contribution in [1.82, 2.24) is 5.43 Å². The lowest BCUT2D eigenvalue weighted by Gasteiger charge is -2.11. The third kappa shape index (κ3) is 6.93. The largest absolute Gasteiger partial charge is 1.00 e. The number of rotatable bonds is 8. The number of halogens is 1. The van der Waals surface area contributed by atoms with Crippen molar-refractivity contribution in [1.29, 1.82) is 0 Å². The second-order valence-corrected chi connectivity index (χ2v) is 6.03. The Bertz CT molecular complexity index is 935. The molecule has 1 heterocycles. The van der Waals surface area contributed by atoms with Gasteiger partial charge in [0, 0.05) is 12.1 Å². The molecule has 0 aliphatic carbocycles. The summed E-state index contributed by atoms with van der Waals surface area (Å²) in [7, 11) is 1.60. The zero-order valence-corrected chi connectivity index (χ0v) is 16.8. The zero-order valence-electron chi connectivity index (χ0n) is 16.0. The molecule has 7 heteroatoms. The van der Waals surface area contributed by atoms with Gasteiger partial charge in [-0.1, -0.05) is 36.4 Å². The van der Waals surface area contributed by atoms with Gasteiger partial charge in [0.25, 0.3) is 0 Å². The van der Waals surface area contributed by atoms with Crippen LogP contribution < -0.4 is 31.9 Å². The normalized spacial score (nSPS) is 10.2. The van der Waals surface area contributed by atoms with E-state index in [0.29, 0.717) is 18.1 Å². The van der Waals surface area contributed by atoms with Gasteiger partial charge >= 0.3 is 5.91 Å². The number of carbonyl (C=O) groups is 1. The number of nitrogens with one attached hydrogen (secondary N) is 1. The Balaban J connectivity index is 0.00000300. The third-order valence-electron chi connectivity index (χ3n) is 3.93. The molecule has 0 saturated carbocycles. The van der Waals surface area contributed by atoms with E-state index in [1.54, 1.807) is 17.9 Å². The average molecular weight is 412 g/mol. The molecule has 1 aromatic heterocycles. The maximum absolute atomic E-state index is 11.9. The van der Waals surface area contributed by atoms with E-state index in [4.69, 9.17) is 9.47 Å². The Hall–Kier alpha value is -3.38. The van der Waals surface area contributed by atoms with E-state index in [9.17, 15) is 4.79 Å². The molecule has 0 aliphatic rings. The average Bonchev–Trinajstić information content (AvgIpc) is 2.74. The van der Waals surface area contributed by atoms with Crippen LogP contribution in [0.1, 0.15) is 11.1 Å². The first-order valence-corrected chi connectivity index (χ1v) is 8.85. The van der Waals surface area contributed by atoms with Crippen molar-refractivity contribution in [2.75, 3.05) is 7.11 Å². The Kier molecular flexibility index (Phi) is 8.66. The first-order valence-electron chi connectivity index (χ1n) is 8.85. The van der Waals surface area contributed by atoms with E-state index in [1.807, 2.05) is 79.1 Å². The summed E-state index contributed by atoms with van der Waals surface area (Å²) in [5.41, 5.74) is 4.38. The minimum Gasteiger partial charge on any atom is -1.00 e. The molecular weight excluding hydrogens is 390 g/mol. The van der Waals surface area contributed by atoms with Crippen LogP contribution in [0.5, 0.6) is 11.5 Å². The molecule has 3 rings (SSSR count). The number of aromatic nitrogens is 1. The van der Waals surface area contributed by atoms with Crippen LogP contribution >= 0.6 is 0 Å². The van der Waals surface area contributed by atoms with Crippen LogP contribution in [0, 0.1) is 0 Å². The quantitative estimate of drug-likeness (QED) is 0.315. The Morgan fingerprint density at radius 3 is 2.48 bits per heavy atom. The number of nitrogens with zero attached hydrogens (tertiary/aromatic N) is 2. The fourth-order valence-electron chi connectivity index (χ4n) is 2.54. The van der Waals surface area contributed by atoms with Gasteiger partial charge in [-0.2, -0.15) is 9.67 Å². The first-order chi connectivity index (χ1) is 13.7. The highest BCUT2D eigenvalue weighted by Crippen LogP contribution is 2.28. The van der Waals surface area contributed by atoms with Gasteiger partial charge in [0.15, 0.2) is 23.9 Å². The molecule has 6 nitrogen and oxygen atoms in total. The van der Waals surface area contributed by atoms with E-state index in [2.05, 4.69) is 10.5 Å². The number of benzene rings is 2. The van der Waals surface area contributed by atoms with Crippen LogP contribution in [0.25, 0.3) is 0 Å². The fraction of sp³-hybridized carbons (Fsp3) is 0.136. The monoisotopic (exact) mass is 411 g/mol. The van der Waals surface area contributed by atoms with Gasteiger partial charge in [0.05, 0.1) is 13.3 Å². The molecule has 0 spiro atoms. The van der Waals surface area contributed by atoms with Crippen molar-refractivity contribution in [2.24, 2.45) is 5.10 Å². The van der Waals surface area contributed by atoms with Crippen molar-refractivity contribution in [3.05, 3.63) is 90.3 Å². The van der Waals surface area contributed by atoms with Crippen molar-refractivity contribution >= 4 is 12.1 Å². The standard InChI is InChI=1S/C22H21N3O3.ClH/c1-27-20-11-10-19(14-21(20)28-17-18-8-4-2-5-9-18)15-23-24-22(26)16-25-12-6-3-7-13-25;/h2-15H,16-17H2,1H3;1H. The number of methoxy groups -OCH3 is 1. The number of hydrazone groups is 1. The summed E-state index contributed by atoms with van der Waals surface area (Å²) in [5, 5.41) is 4.02. The molecule has 0 bridgehead atoms. The second-order valence-electron chi connectivity index (χ2n) is 6.03. The third-order valence-corrected chi connectivity index (χ3v) is 3.93. The van der Waals surface area contributed by atoms with Gasteiger partial charge in [-0.3, -0.25) is 4.79 Å². The molecule has 29 heavy (non-hydrogen) atoms. The van der Waals surface area contributed by atoms with E-state index in [1.165, 1.54) is 0 Å². The molecule has 0 radical (unpaired) electrons. The smallest absolute Gasteiger partial charge is 0.305 e. The molecule has 0 fully saturated rings. The molecule has 0 aliphatic heterocycles. The Morgan fingerprint density at radius 1 is 1.03 bits per heavy atom. The van der Waals surface area contributed by atoms with Crippen LogP contribution in [0.2, 0.25) is 0 Å². The zero-order chi connectivity index (χ0) is 19.6. The van der Waals surface area contributed by atoms with Crippen molar-refractivity contribution in [3.63, 3.8) is 0 Å². The van der Waals surface area contributed by atoms with E-state index >= 15 is 0 Å². The molecule has 3 aromatic rings. The highest BCUT2D eigenvalue weighted by molar-refractivity contribution is 5.83. The molecule has 0 unspecified atom stereocenters.